The zero-order chi connectivity index (χ0) is 57.1. The van der Waals surface area contributed by atoms with E-state index >= 15 is 0 Å². The van der Waals surface area contributed by atoms with Gasteiger partial charge in [0, 0.05) is 19.3 Å². The summed E-state index contributed by atoms with van der Waals surface area (Å²) in [5, 5.41) is 0. The van der Waals surface area contributed by atoms with E-state index in [2.05, 4.69) is 93.7 Å². The van der Waals surface area contributed by atoms with Crippen molar-refractivity contribution in [3.8, 4) is 0 Å². The lowest BCUT2D eigenvalue weighted by molar-refractivity contribution is -0.167. The lowest BCUT2D eigenvalue weighted by atomic mass is 10.0. The maximum absolute atomic E-state index is 12.9. The fourth-order valence-electron chi connectivity index (χ4n) is 10.0. The van der Waals surface area contributed by atoms with E-state index in [9.17, 15) is 14.4 Å². The van der Waals surface area contributed by atoms with Gasteiger partial charge in [0.15, 0.2) is 6.10 Å². The average Bonchev–Trinajstić information content (AvgIpc) is 3.45. The molecule has 0 bridgehead atoms. The van der Waals surface area contributed by atoms with E-state index in [1.165, 1.54) is 225 Å². The van der Waals surface area contributed by atoms with Crippen molar-refractivity contribution in [1.29, 1.82) is 0 Å². The number of hydrogen-bond acceptors (Lipinski definition) is 6. The molecule has 1 atom stereocenters. The van der Waals surface area contributed by atoms with Gasteiger partial charge in [-0.15, -0.1) is 0 Å². The summed E-state index contributed by atoms with van der Waals surface area (Å²) >= 11 is 0. The van der Waals surface area contributed by atoms with Crippen molar-refractivity contribution in [2.24, 2.45) is 0 Å². The van der Waals surface area contributed by atoms with Crippen LogP contribution in [0.2, 0.25) is 0 Å². The molecule has 6 heteroatoms. The number of ether oxygens (including phenoxy) is 3. The minimum Gasteiger partial charge on any atom is -0.462 e. The fraction of sp³-hybridized carbons (Fsp3) is 0.795. The van der Waals surface area contributed by atoms with Crippen LogP contribution < -0.4 is 0 Å². The molecule has 0 aliphatic rings. The van der Waals surface area contributed by atoms with E-state index < -0.39 is 6.10 Å². The SMILES string of the molecule is CC/C=C\C/C=C\C/C=C\C/C=C\CCCCCCCCCCCCCCCCCCCCCCC(=O)OCC(COC(=O)CCCCCCC/C=C\CCCC)OC(=O)CCCCCCCCC/C=C\CCCCCCCC. The first kappa shape index (κ1) is 75.8. The molecule has 6 nitrogen and oxygen atoms in total. The van der Waals surface area contributed by atoms with Crippen molar-refractivity contribution in [3.05, 3.63) is 72.9 Å². The summed E-state index contributed by atoms with van der Waals surface area (Å²) < 4.78 is 16.9. The molecule has 0 saturated heterocycles. The van der Waals surface area contributed by atoms with Gasteiger partial charge in [-0.2, -0.15) is 0 Å². The second-order valence-corrected chi connectivity index (χ2v) is 23.1. The predicted molar refractivity (Wildman–Crippen MR) is 344 cm³/mol. The van der Waals surface area contributed by atoms with Crippen molar-refractivity contribution in [2.45, 2.75) is 361 Å². The van der Waals surface area contributed by atoms with E-state index in [1.807, 2.05) is 0 Å². The molecule has 0 aliphatic carbocycles. The molecule has 0 amide bonds. The number of allylic oxidation sites excluding steroid dienone is 12. The van der Waals surface area contributed by atoms with Gasteiger partial charge in [0.1, 0.15) is 13.2 Å². The van der Waals surface area contributed by atoms with Crippen LogP contribution in [0.15, 0.2) is 72.9 Å². The predicted octanol–water partition coefficient (Wildman–Crippen LogP) is 23.7. The highest BCUT2D eigenvalue weighted by atomic mass is 16.6. The van der Waals surface area contributed by atoms with Gasteiger partial charge in [-0.3, -0.25) is 14.4 Å². The maximum atomic E-state index is 12.9. The Balaban J connectivity index is 4.10. The molecule has 0 spiro atoms. The zero-order valence-corrected chi connectivity index (χ0v) is 52.6. The van der Waals surface area contributed by atoms with Crippen LogP contribution in [0.1, 0.15) is 355 Å². The van der Waals surface area contributed by atoms with Gasteiger partial charge >= 0.3 is 17.9 Å². The Labute approximate surface area is 491 Å². The van der Waals surface area contributed by atoms with E-state index in [0.29, 0.717) is 19.3 Å². The number of rotatable bonds is 63. The third-order valence-corrected chi connectivity index (χ3v) is 15.2. The van der Waals surface area contributed by atoms with E-state index in [0.717, 1.165) is 89.9 Å². The summed E-state index contributed by atoms with van der Waals surface area (Å²) in [6.07, 6.45) is 88.0. The van der Waals surface area contributed by atoms with Crippen LogP contribution >= 0.6 is 0 Å². The topological polar surface area (TPSA) is 78.9 Å². The molecule has 0 aromatic rings. The normalized spacial score (nSPS) is 12.5. The first-order valence-corrected chi connectivity index (χ1v) is 34.4. The smallest absolute Gasteiger partial charge is 0.306 e. The molecule has 0 saturated carbocycles. The number of hydrogen-bond donors (Lipinski definition) is 0. The summed E-state index contributed by atoms with van der Waals surface area (Å²) in [6.45, 7) is 6.52. The van der Waals surface area contributed by atoms with Gasteiger partial charge in [0.2, 0.25) is 0 Å². The molecule has 0 aliphatic heterocycles. The van der Waals surface area contributed by atoms with E-state index in [-0.39, 0.29) is 31.1 Å². The average molecular weight is 1100 g/mol. The minimum atomic E-state index is -0.778. The molecule has 0 radical (unpaired) electrons. The quantitative estimate of drug-likeness (QED) is 0.0261. The van der Waals surface area contributed by atoms with Gasteiger partial charge in [-0.25, -0.2) is 0 Å². The summed E-state index contributed by atoms with van der Waals surface area (Å²) in [5.41, 5.74) is 0. The van der Waals surface area contributed by atoms with Crippen LogP contribution in [0.3, 0.4) is 0 Å². The van der Waals surface area contributed by atoms with Crippen LogP contribution in [0.4, 0.5) is 0 Å². The summed E-state index contributed by atoms with van der Waals surface area (Å²) in [6, 6.07) is 0. The van der Waals surface area contributed by atoms with Crippen LogP contribution in [0.5, 0.6) is 0 Å². The molecule has 1 unspecified atom stereocenters. The Bertz CT molecular complexity index is 1450. The van der Waals surface area contributed by atoms with Crippen molar-refractivity contribution in [2.75, 3.05) is 13.2 Å². The Kier molecular flexibility index (Phi) is 64.7. The molecule has 0 heterocycles. The highest BCUT2D eigenvalue weighted by Crippen LogP contribution is 2.18. The first-order valence-electron chi connectivity index (χ1n) is 34.4. The molecule has 0 rings (SSSR count). The van der Waals surface area contributed by atoms with Crippen LogP contribution in [-0.2, 0) is 28.6 Å². The van der Waals surface area contributed by atoms with Crippen molar-refractivity contribution in [1.82, 2.24) is 0 Å². The Hall–Kier alpha value is -3.15. The van der Waals surface area contributed by atoms with Gasteiger partial charge in [-0.05, 0) is 103 Å². The van der Waals surface area contributed by atoms with Crippen LogP contribution in [0.25, 0.3) is 0 Å². The maximum Gasteiger partial charge on any atom is 0.306 e. The van der Waals surface area contributed by atoms with Crippen molar-refractivity contribution >= 4 is 17.9 Å². The first-order chi connectivity index (χ1) is 39.0. The van der Waals surface area contributed by atoms with Crippen molar-refractivity contribution in [3.63, 3.8) is 0 Å². The van der Waals surface area contributed by atoms with Gasteiger partial charge in [0.25, 0.3) is 0 Å². The van der Waals surface area contributed by atoms with E-state index in [4.69, 9.17) is 14.2 Å². The molecule has 0 aromatic carbocycles. The van der Waals surface area contributed by atoms with Crippen molar-refractivity contribution < 1.29 is 28.6 Å². The number of carbonyl (C=O) groups excluding carboxylic acids is 3. The van der Waals surface area contributed by atoms with Crippen LogP contribution in [-0.4, -0.2) is 37.2 Å². The largest absolute Gasteiger partial charge is 0.462 e. The third-order valence-electron chi connectivity index (χ3n) is 15.2. The molecular formula is C73H130O6. The van der Waals surface area contributed by atoms with Gasteiger partial charge in [-0.1, -0.05) is 306 Å². The Morgan fingerprint density at radius 1 is 0.266 bits per heavy atom. The molecule has 458 valence electrons. The second kappa shape index (κ2) is 67.4. The summed E-state index contributed by atoms with van der Waals surface area (Å²) in [5.74, 6) is -0.871. The molecule has 0 fully saturated rings. The minimum absolute atomic E-state index is 0.0751. The molecular weight excluding hydrogens is 973 g/mol. The van der Waals surface area contributed by atoms with E-state index in [1.54, 1.807) is 0 Å². The molecule has 0 aromatic heterocycles. The third kappa shape index (κ3) is 65.5. The standard InChI is InChI=1S/C73H130O6/c1-4-7-10-13-16-19-22-24-26-28-29-30-31-32-33-34-35-36-37-38-39-40-41-42-43-45-46-48-51-54-57-60-63-66-72(75)78-69-70(68-77-71(74)65-62-59-56-53-50-21-18-15-12-9-6-3)79-73(76)67-64-61-58-55-52-49-47-44-27-25-23-20-17-14-11-8-5-2/h7,10,15-16,18-19,24-27,29-30,70H,4-6,8-9,11-14,17,20-23,28,31-69H2,1-3H3/b10-7-,18-15-,19-16-,26-24-,27-25-,30-29-. The summed E-state index contributed by atoms with van der Waals surface area (Å²) in [7, 11) is 0. The number of esters is 3. The Morgan fingerprint density at radius 2 is 0.506 bits per heavy atom. The van der Waals surface area contributed by atoms with Gasteiger partial charge < -0.3 is 14.2 Å². The molecule has 79 heavy (non-hydrogen) atoms. The van der Waals surface area contributed by atoms with Crippen LogP contribution in [0, 0.1) is 0 Å². The number of unbranched alkanes of at least 4 members (excludes halogenated alkanes) is 40. The lowest BCUT2D eigenvalue weighted by Crippen LogP contribution is -2.30. The highest BCUT2D eigenvalue weighted by molar-refractivity contribution is 5.71. The second-order valence-electron chi connectivity index (χ2n) is 23.1. The highest BCUT2D eigenvalue weighted by Gasteiger charge is 2.19. The zero-order valence-electron chi connectivity index (χ0n) is 52.6. The Morgan fingerprint density at radius 3 is 0.823 bits per heavy atom. The monoisotopic (exact) mass is 1100 g/mol. The molecule has 0 N–H and O–H groups in total. The fourth-order valence-corrected chi connectivity index (χ4v) is 10.0. The van der Waals surface area contributed by atoms with Gasteiger partial charge in [0.05, 0.1) is 0 Å². The lowest BCUT2D eigenvalue weighted by Gasteiger charge is -2.18. The number of carbonyl (C=O) groups is 3. The summed E-state index contributed by atoms with van der Waals surface area (Å²) in [4.78, 5) is 38.3.